The maximum Gasteiger partial charge on any atom is 0.251 e. The first-order valence-corrected chi connectivity index (χ1v) is 7.29. The van der Waals surface area contributed by atoms with E-state index in [2.05, 4.69) is 15.2 Å². The Balaban J connectivity index is 1.97. The number of carbonyl (C=O) groups is 1. The maximum absolute atomic E-state index is 12.1. The number of rotatable bonds is 6. The molecule has 0 saturated carbocycles. The van der Waals surface area contributed by atoms with Gasteiger partial charge < -0.3 is 19.7 Å². The van der Waals surface area contributed by atoms with Crippen LogP contribution in [0.1, 0.15) is 29.6 Å². The van der Waals surface area contributed by atoms with Gasteiger partial charge in [-0.05, 0) is 31.4 Å². The van der Waals surface area contributed by atoms with Crippen LogP contribution in [0.15, 0.2) is 18.3 Å². The molecule has 0 radical (unpaired) electrons. The second kappa shape index (κ2) is 7.95. The average Bonchev–Trinajstić information content (AvgIpc) is 2.56. The molecule has 0 unspecified atom stereocenters. The van der Waals surface area contributed by atoms with E-state index in [1.807, 2.05) is 6.07 Å². The lowest BCUT2D eigenvalue weighted by Crippen LogP contribution is -2.34. The number of piperidine rings is 1. The number of ether oxygens (including phenoxy) is 2. The fourth-order valence-corrected chi connectivity index (χ4v) is 2.40. The highest BCUT2D eigenvalue weighted by molar-refractivity contribution is 5.94. The number of nitrogens with one attached hydrogen (secondary N) is 1. The number of hydrogen-bond acceptors (Lipinski definition) is 5. The lowest BCUT2D eigenvalue weighted by atomic mass is 10.1. The van der Waals surface area contributed by atoms with Gasteiger partial charge in [-0.2, -0.15) is 0 Å². The van der Waals surface area contributed by atoms with E-state index in [0.29, 0.717) is 12.1 Å². The van der Waals surface area contributed by atoms with E-state index in [9.17, 15) is 4.79 Å². The Kier molecular flexibility index (Phi) is 5.95. The number of anilines is 1. The molecule has 1 aliphatic heterocycles. The first-order valence-electron chi connectivity index (χ1n) is 7.29. The molecule has 1 aliphatic rings. The molecule has 0 atom stereocenters. The van der Waals surface area contributed by atoms with Gasteiger partial charge in [0.05, 0.1) is 6.54 Å². The summed E-state index contributed by atoms with van der Waals surface area (Å²) in [4.78, 5) is 18.7. The normalized spacial score (nSPS) is 15.3. The smallest absolute Gasteiger partial charge is 0.251 e. The third kappa shape index (κ3) is 4.41. The molecule has 0 spiro atoms. The lowest BCUT2D eigenvalue weighted by molar-refractivity contribution is -0.0974. The number of methoxy groups -OCH3 is 2. The molecular formula is C15H23N3O3. The molecule has 21 heavy (non-hydrogen) atoms. The van der Waals surface area contributed by atoms with Gasteiger partial charge in [0, 0.05) is 39.1 Å². The van der Waals surface area contributed by atoms with Gasteiger partial charge in [0.15, 0.2) is 6.29 Å². The van der Waals surface area contributed by atoms with Crippen molar-refractivity contribution in [2.75, 3.05) is 38.8 Å². The molecule has 0 aromatic carbocycles. The van der Waals surface area contributed by atoms with Crippen molar-refractivity contribution in [3.8, 4) is 0 Å². The molecule has 6 nitrogen and oxygen atoms in total. The van der Waals surface area contributed by atoms with Crippen molar-refractivity contribution in [2.24, 2.45) is 0 Å². The van der Waals surface area contributed by atoms with E-state index >= 15 is 0 Å². The minimum absolute atomic E-state index is 0.144. The van der Waals surface area contributed by atoms with Crippen LogP contribution in [0.3, 0.4) is 0 Å². The highest BCUT2D eigenvalue weighted by Crippen LogP contribution is 2.18. The largest absolute Gasteiger partial charge is 0.357 e. The predicted octanol–water partition coefficient (Wildman–Crippen LogP) is 1.42. The van der Waals surface area contributed by atoms with Crippen molar-refractivity contribution in [1.82, 2.24) is 10.3 Å². The van der Waals surface area contributed by atoms with Crippen LogP contribution in [0.2, 0.25) is 0 Å². The van der Waals surface area contributed by atoms with Gasteiger partial charge in [-0.15, -0.1) is 0 Å². The van der Waals surface area contributed by atoms with Crippen LogP contribution in [-0.4, -0.2) is 51.0 Å². The molecule has 2 rings (SSSR count). The number of aromatic nitrogens is 1. The van der Waals surface area contributed by atoms with Gasteiger partial charge in [0.1, 0.15) is 5.82 Å². The molecule has 1 aromatic heterocycles. The van der Waals surface area contributed by atoms with Crippen molar-refractivity contribution in [2.45, 2.75) is 25.6 Å². The summed E-state index contributed by atoms with van der Waals surface area (Å²) in [5, 5.41) is 2.80. The van der Waals surface area contributed by atoms with E-state index in [1.165, 1.54) is 19.3 Å². The summed E-state index contributed by atoms with van der Waals surface area (Å²) >= 11 is 0. The summed E-state index contributed by atoms with van der Waals surface area (Å²) in [6, 6.07) is 3.56. The Hall–Kier alpha value is -1.66. The molecular weight excluding hydrogens is 270 g/mol. The first kappa shape index (κ1) is 15.7. The van der Waals surface area contributed by atoms with E-state index in [1.54, 1.807) is 26.5 Å². The SMILES string of the molecule is COC(CNC(=O)c1ccnc(N2CCCCC2)c1)OC. The van der Waals surface area contributed by atoms with Gasteiger partial charge in [-0.25, -0.2) is 4.98 Å². The van der Waals surface area contributed by atoms with Crippen LogP contribution >= 0.6 is 0 Å². The molecule has 116 valence electrons. The number of pyridine rings is 1. The van der Waals surface area contributed by atoms with Crippen LogP contribution in [0.5, 0.6) is 0 Å². The lowest BCUT2D eigenvalue weighted by Gasteiger charge is -2.27. The van der Waals surface area contributed by atoms with E-state index in [0.717, 1.165) is 18.9 Å². The van der Waals surface area contributed by atoms with E-state index < -0.39 is 6.29 Å². The zero-order chi connectivity index (χ0) is 15.1. The van der Waals surface area contributed by atoms with Crippen molar-refractivity contribution in [3.05, 3.63) is 23.9 Å². The molecule has 6 heteroatoms. The summed E-state index contributed by atoms with van der Waals surface area (Å²) < 4.78 is 10.1. The van der Waals surface area contributed by atoms with Gasteiger partial charge in [-0.3, -0.25) is 4.79 Å². The highest BCUT2D eigenvalue weighted by Gasteiger charge is 2.15. The number of amides is 1. The quantitative estimate of drug-likeness (QED) is 0.804. The van der Waals surface area contributed by atoms with Crippen LogP contribution in [0.25, 0.3) is 0 Å². The summed E-state index contributed by atoms with van der Waals surface area (Å²) in [6.07, 6.45) is 4.88. The Morgan fingerprint density at radius 1 is 1.33 bits per heavy atom. The summed E-state index contributed by atoms with van der Waals surface area (Å²) in [6.45, 7) is 2.33. The molecule has 1 N–H and O–H groups in total. The van der Waals surface area contributed by atoms with Gasteiger partial charge in [0.25, 0.3) is 5.91 Å². The maximum atomic E-state index is 12.1. The van der Waals surface area contributed by atoms with Crippen LogP contribution in [-0.2, 0) is 9.47 Å². The number of carbonyl (C=O) groups excluding carboxylic acids is 1. The Labute approximate surface area is 125 Å². The second-order valence-electron chi connectivity index (χ2n) is 5.06. The third-order valence-electron chi connectivity index (χ3n) is 3.64. The minimum Gasteiger partial charge on any atom is -0.357 e. The van der Waals surface area contributed by atoms with Crippen molar-refractivity contribution >= 4 is 11.7 Å². The fourth-order valence-electron chi connectivity index (χ4n) is 2.40. The zero-order valence-electron chi connectivity index (χ0n) is 12.7. The molecule has 0 bridgehead atoms. The summed E-state index contributed by atoms with van der Waals surface area (Å²) in [7, 11) is 3.09. The molecule has 1 aromatic rings. The van der Waals surface area contributed by atoms with Crippen LogP contribution < -0.4 is 10.2 Å². The predicted molar refractivity (Wildman–Crippen MR) is 80.4 cm³/mol. The van der Waals surface area contributed by atoms with Crippen molar-refractivity contribution < 1.29 is 14.3 Å². The molecule has 1 saturated heterocycles. The Morgan fingerprint density at radius 3 is 2.71 bits per heavy atom. The standard InChI is InChI=1S/C15H23N3O3/c1-20-14(21-2)11-17-15(19)12-6-7-16-13(10-12)18-8-4-3-5-9-18/h6-7,10,14H,3-5,8-9,11H2,1-2H3,(H,17,19). The number of hydrogen-bond donors (Lipinski definition) is 1. The van der Waals surface area contributed by atoms with Gasteiger partial charge >= 0.3 is 0 Å². The van der Waals surface area contributed by atoms with Crippen molar-refractivity contribution in [3.63, 3.8) is 0 Å². The topological polar surface area (TPSA) is 63.7 Å². The minimum atomic E-state index is -0.433. The second-order valence-corrected chi connectivity index (χ2v) is 5.06. The summed E-state index contributed by atoms with van der Waals surface area (Å²) in [5.41, 5.74) is 0.608. The van der Waals surface area contributed by atoms with E-state index in [-0.39, 0.29) is 5.91 Å². The highest BCUT2D eigenvalue weighted by atomic mass is 16.7. The molecule has 1 fully saturated rings. The summed E-state index contributed by atoms with van der Waals surface area (Å²) in [5.74, 6) is 0.729. The monoisotopic (exact) mass is 293 g/mol. The number of nitrogens with zero attached hydrogens (tertiary/aromatic N) is 2. The third-order valence-corrected chi connectivity index (χ3v) is 3.64. The molecule has 1 amide bonds. The fraction of sp³-hybridized carbons (Fsp3) is 0.600. The molecule has 2 heterocycles. The van der Waals surface area contributed by atoms with Gasteiger partial charge in [0.2, 0.25) is 0 Å². The van der Waals surface area contributed by atoms with Crippen LogP contribution in [0.4, 0.5) is 5.82 Å². The molecule has 0 aliphatic carbocycles. The zero-order valence-corrected chi connectivity index (χ0v) is 12.7. The Bertz CT molecular complexity index is 457. The first-order chi connectivity index (χ1) is 10.2. The van der Waals surface area contributed by atoms with Crippen molar-refractivity contribution in [1.29, 1.82) is 0 Å². The van der Waals surface area contributed by atoms with Gasteiger partial charge in [-0.1, -0.05) is 0 Å². The average molecular weight is 293 g/mol. The Morgan fingerprint density at radius 2 is 2.05 bits per heavy atom. The van der Waals surface area contributed by atoms with E-state index in [4.69, 9.17) is 9.47 Å². The van der Waals surface area contributed by atoms with Crippen LogP contribution in [0, 0.1) is 0 Å².